The van der Waals surface area contributed by atoms with Crippen molar-refractivity contribution in [3.8, 4) is 0 Å². The Morgan fingerprint density at radius 3 is 2.42 bits per heavy atom. The molecule has 0 radical (unpaired) electrons. The number of benzene rings is 1. The number of nitrogens with two attached hydrogens (primary N) is 1. The number of halogens is 1. The monoisotopic (exact) mass is 261 g/mol. The van der Waals surface area contributed by atoms with Crippen molar-refractivity contribution in [2.45, 2.75) is 19.9 Å². The maximum absolute atomic E-state index is 12.9. The number of nitrogens with zero attached hydrogens (tertiary/aromatic N) is 2. The lowest BCUT2D eigenvalue weighted by Gasteiger charge is -2.15. The predicted octanol–water partition coefficient (Wildman–Crippen LogP) is 2.38. The van der Waals surface area contributed by atoms with Crippen LogP contribution in [0.4, 0.5) is 16.0 Å². The lowest BCUT2D eigenvalue weighted by atomic mass is 10.1. The Morgan fingerprint density at radius 2 is 1.79 bits per heavy atom. The highest BCUT2D eigenvalue weighted by atomic mass is 19.1. The van der Waals surface area contributed by atoms with Crippen molar-refractivity contribution in [3.63, 3.8) is 0 Å². The van der Waals surface area contributed by atoms with Crippen molar-refractivity contribution in [2.24, 2.45) is 5.84 Å². The summed E-state index contributed by atoms with van der Waals surface area (Å²) in [5.41, 5.74) is 3.46. The summed E-state index contributed by atoms with van der Waals surface area (Å²) in [4.78, 5) is 8.38. The lowest BCUT2D eigenvalue weighted by Crippen LogP contribution is -2.13. The molecular weight excluding hydrogens is 245 g/mol. The topological polar surface area (TPSA) is 75.9 Å². The fourth-order valence-corrected chi connectivity index (χ4v) is 1.77. The minimum Gasteiger partial charge on any atom is -0.363 e. The molecule has 0 amide bonds. The molecule has 0 aliphatic carbocycles. The van der Waals surface area contributed by atoms with Gasteiger partial charge in [0.2, 0.25) is 0 Å². The summed E-state index contributed by atoms with van der Waals surface area (Å²) < 4.78 is 12.9. The van der Waals surface area contributed by atoms with Gasteiger partial charge in [-0.1, -0.05) is 12.1 Å². The van der Waals surface area contributed by atoms with Crippen LogP contribution in [0.1, 0.15) is 24.4 Å². The zero-order valence-corrected chi connectivity index (χ0v) is 10.8. The van der Waals surface area contributed by atoms with Crippen molar-refractivity contribution in [3.05, 3.63) is 47.5 Å². The molecule has 19 heavy (non-hydrogen) atoms. The highest BCUT2D eigenvalue weighted by Gasteiger charge is 2.08. The summed E-state index contributed by atoms with van der Waals surface area (Å²) in [6.45, 7) is 3.76. The van der Waals surface area contributed by atoms with Gasteiger partial charge in [0.15, 0.2) is 0 Å². The van der Waals surface area contributed by atoms with Gasteiger partial charge in [0.05, 0.1) is 0 Å². The number of aromatic nitrogens is 2. The molecule has 0 spiro atoms. The molecular formula is C13H16FN5. The number of nitrogen functional groups attached to an aromatic ring is 1. The van der Waals surface area contributed by atoms with Crippen LogP contribution in [-0.4, -0.2) is 9.97 Å². The average molecular weight is 261 g/mol. The first-order chi connectivity index (χ1) is 9.08. The first-order valence-electron chi connectivity index (χ1n) is 5.93. The summed E-state index contributed by atoms with van der Waals surface area (Å²) in [5.74, 6) is 6.91. The molecule has 0 aliphatic heterocycles. The van der Waals surface area contributed by atoms with E-state index in [1.807, 2.05) is 6.92 Å². The lowest BCUT2D eigenvalue weighted by molar-refractivity contribution is 0.626. The molecule has 2 rings (SSSR count). The van der Waals surface area contributed by atoms with Gasteiger partial charge in [0.1, 0.15) is 23.3 Å². The summed E-state index contributed by atoms with van der Waals surface area (Å²) >= 11 is 0. The smallest absolute Gasteiger partial charge is 0.145 e. The maximum atomic E-state index is 12.9. The van der Waals surface area contributed by atoms with Crippen molar-refractivity contribution in [2.75, 3.05) is 10.7 Å². The average Bonchev–Trinajstić information content (AvgIpc) is 2.38. The second kappa shape index (κ2) is 5.62. The highest BCUT2D eigenvalue weighted by Crippen LogP contribution is 2.19. The van der Waals surface area contributed by atoms with Gasteiger partial charge in [-0.15, -0.1) is 0 Å². The molecule has 1 aromatic heterocycles. The Morgan fingerprint density at radius 1 is 1.16 bits per heavy atom. The number of aryl methyl sites for hydroxylation is 1. The Bertz CT molecular complexity index is 555. The van der Waals surface area contributed by atoms with Crippen molar-refractivity contribution in [1.29, 1.82) is 0 Å². The van der Waals surface area contributed by atoms with Gasteiger partial charge >= 0.3 is 0 Å². The third kappa shape index (κ3) is 3.38. The first-order valence-corrected chi connectivity index (χ1v) is 5.93. The van der Waals surface area contributed by atoms with E-state index >= 15 is 0 Å². The molecule has 1 unspecified atom stereocenters. The van der Waals surface area contributed by atoms with E-state index in [9.17, 15) is 4.39 Å². The second-order valence-corrected chi connectivity index (χ2v) is 4.25. The van der Waals surface area contributed by atoms with Gasteiger partial charge in [0.25, 0.3) is 0 Å². The zero-order valence-electron chi connectivity index (χ0n) is 10.8. The molecule has 6 heteroatoms. The SMILES string of the molecule is Cc1nc(NN)cc(NC(C)c2ccc(F)cc2)n1. The molecule has 0 bridgehead atoms. The van der Waals surface area contributed by atoms with Crippen LogP contribution >= 0.6 is 0 Å². The van der Waals surface area contributed by atoms with Gasteiger partial charge in [-0.25, -0.2) is 20.2 Å². The van der Waals surface area contributed by atoms with Crippen molar-refractivity contribution in [1.82, 2.24) is 9.97 Å². The maximum Gasteiger partial charge on any atom is 0.145 e. The van der Waals surface area contributed by atoms with Crippen LogP contribution in [0, 0.1) is 12.7 Å². The molecule has 0 saturated carbocycles. The van der Waals surface area contributed by atoms with E-state index in [0.29, 0.717) is 17.5 Å². The molecule has 0 aliphatic rings. The fraction of sp³-hybridized carbons (Fsp3) is 0.231. The number of rotatable bonds is 4. The minimum atomic E-state index is -0.247. The fourth-order valence-electron chi connectivity index (χ4n) is 1.77. The Balaban J connectivity index is 2.16. The van der Waals surface area contributed by atoms with Crippen LogP contribution in [0.15, 0.2) is 30.3 Å². The molecule has 1 atom stereocenters. The van der Waals surface area contributed by atoms with E-state index in [-0.39, 0.29) is 11.9 Å². The molecule has 4 N–H and O–H groups in total. The number of nitrogens with one attached hydrogen (secondary N) is 2. The van der Waals surface area contributed by atoms with Gasteiger partial charge in [0, 0.05) is 12.1 Å². The third-order valence-corrected chi connectivity index (χ3v) is 2.72. The van der Waals surface area contributed by atoms with E-state index in [1.165, 1.54) is 12.1 Å². The van der Waals surface area contributed by atoms with Crippen LogP contribution in [0.3, 0.4) is 0 Å². The standard InChI is InChI=1S/C13H16FN5/c1-8(10-3-5-11(14)6-4-10)16-12-7-13(19-15)18-9(2)17-12/h3-8H,15H2,1-2H3,(H2,16,17,18,19). The summed E-state index contributed by atoms with van der Waals surface area (Å²) in [5, 5.41) is 3.22. The Hall–Kier alpha value is -2.21. The largest absolute Gasteiger partial charge is 0.363 e. The van der Waals surface area contributed by atoms with Crippen LogP contribution in [0.5, 0.6) is 0 Å². The van der Waals surface area contributed by atoms with Crippen LogP contribution in [0.25, 0.3) is 0 Å². The predicted molar refractivity (Wildman–Crippen MR) is 73.0 cm³/mol. The first kappa shape index (κ1) is 13.2. The normalized spacial score (nSPS) is 12.0. The molecule has 100 valence electrons. The van der Waals surface area contributed by atoms with Crippen LogP contribution in [-0.2, 0) is 0 Å². The van der Waals surface area contributed by atoms with Crippen LogP contribution < -0.4 is 16.6 Å². The van der Waals surface area contributed by atoms with Crippen molar-refractivity contribution < 1.29 is 4.39 Å². The summed E-state index contributed by atoms with van der Waals surface area (Å²) in [6.07, 6.45) is 0. The second-order valence-electron chi connectivity index (χ2n) is 4.25. The highest BCUT2D eigenvalue weighted by molar-refractivity contribution is 5.48. The van der Waals surface area contributed by atoms with E-state index < -0.39 is 0 Å². The van der Waals surface area contributed by atoms with Gasteiger partial charge in [-0.3, -0.25) is 0 Å². The summed E-state index contributed by atoms with van der Waals surface area (Å²) in [7, 11) is 0. The third-order valence-electron chi connectivity index (χ3n) is 2.72. The van der Waals surface area contributed by atoms with Gasteiger partial charge in [-0.05, 0) is 31.5 Å². The van der Waals surface area contributed by atoms with E-state index in [0.717, 1.165) is 5.56 Å². The zero-order chi connectivity index (χ0) is 13.8. The molecule has 0 saturated heterocycles. The molecule has 1 heterocycles. The van der Waals surface area contributed by atoms with Crippen LogP contribution in [0.2, 0.25) is 0 Å². The molecule has 5 nitrogen and oxygen atoms in total. The Kier molecular flexibility index (Phi) is 3.91. The molecule has 2 aromatic rings. The quantitative estimate of drug-likeness (QED) is 0.582. The number of hydrazine groups is 1. The van der Waals surface area contributed by atoms with E-state index in [4.69, 9.17) is 5.84 Å². The van der Waals surface area contributed by atoms with Gasteiger partial charge < -0.3 is 10.7 Å². The number of hydrogen-bond donors (Lipinski definition) is 3. The van der Waals surface area contributed by atoms with E-state index in [1.54, 1.807) is 25.1 Å². The number of anilines is 2. The van der Waals surface area contributed by atoms with Crippen molar-refractivity contribution >= 4 is 11.6 Å². The summed E-state index contributed by atoms with van der Waals surface area (Å²) in [6, 6.07) is 8.07. The van der Waals surface area contributed by atoms with Gasteiger partial charge in [-0.2, -0.15) is 0 Å². The Labute approximate surface area is 111 Å². The molecule has 0 fully saturated rings. The minimum absolute atomic E-state index is 0.000486. The van der Waals surface area contributed by atoms with E-state index in [2.05, 4.69) is 20.7 Å². The number of hydrogen-bond acceptors (Lipinski definition) is 5. The molecule has 1 aromatic carbocycles.